The molecule has 2 amide bonds. The molecule has 0 aliphatic carbocycles. The van der Waals surface area contributed by atoms with Crippen molar-refractivity contribution in [3.8, 4) is 0 Å². The Balaban J connectivity index is 1.92. The first-order chi connectivity index (χ1) is 9.86. The molecule has 0 saturated carbocycles. The third kappa shape index (κ3) is 3.77. The molecule has 1 saturated heterocycles. The Labute approximate surface area is 124 Å². The zero-order valence-corrected chi connectivity index (χ0v) is 12.7. The van der Waals surface area contributed by atoms with E-state index in [9.17, 15) is 9.59 Å². The zero-order chi connectivity index (χ0) is 15.6. The first kappa shape index (κ1) is 15.4. The van der Waals surface area contributed by atoms with Crippen LogP contribution in [0.4, 0.5) is 4.79 Å². The van der Waals surface area contributed by atoms with E-state index in [2.05, 4.69) is 19.2 Å². The van der Waals surface area contributed by atoms with Crippen LogP contribution < -0.4 is 5.32 Å². The Morgan fingerprint density at radius 2 is 2.00 bits per heavy atom. The Morgan fingerprint density at radius 1 is 1.38 bits per heavy atom. The van der Waals surface area contributed by atoms with E-state index in [4.69, 9.17) is 9.52 Å². The third-order valence-electron chi connectivity index (χ3n) is 3.77. The number of rotatable bonds is 3. The van der Waals surface area contributed by atoms with Crippen molar-refractivity contribution in [1.29, 1.82) is 0 Å². The Morgan fingerprint density at radius 3 is 2.52 bits per heavy atom. The summed E-state index contributed by atoms with van der Waals surface area (Å²) in [5.74, 6) is 0.795. The molecular formula is C15H22N2O4. The molecule has 2 unspecified atom stereocenters. The van der Waals surface area contributed by atoms with Crippen LogP contribution >= 0.6 is 0 Å². The monoisotopic (exact) mass is 294 g/mol. The molecule has 0 aromatic carbocycles. The largest absolute Gasteiger partial charge is 0.478 e. The van der Waals surface area contributed by atoms with Crippen LogP contribution in [0, 0.1) is 18.8 Å². The van der Waals surface area contributed by atoms with Crippen molar-refractivity contribution in [3.05, 3.63) is 23.2 Å². The Bertz CT molecular complexity index is 528. The molecule has 0 spiro atoms. The van der Waals surface area contributed by atoms with Crippen LogP contribution in [-0.2, 0) is 6.54 Å². The van der Waals surface area contributed by atoms with Crippen LogP contribution in [0.1, 0.15) is 42.1 Å². The minimum atomic E-state index is -1.02. The normalized spacial score (nSPS) is 22.1. The lowest BCUT2D eigenvalue weighted by Gasteiger charge is -2.34. The quantitative estimate of drug-likeness (QED) is 0.897. The molecule has 116 valence electrons. The second-order valence-corrected chi connectivity index (χ2v) is 6.00. The summed E-state index contributed by atoms with van der Waals surface area (Å²) in [6.07, 6.45) is 1.14. The van der Waals surface area contributed by atoms with Gasteiger partial charge in [-0.2, -0.15) is 0 Å². The molecule has 1 aliphatic heterocycles. The van der Waals surface area contributed by atoms with Crippen molar-refractivity contribution < 1.29 is 19.1 Å². The summed E-state index contributed by atoms with van der Waals surface area (Å²) in [6, 6.07) is 1.33. The SMILES string of the molecule is Cc1oc(CNC(=O)N2CC(C)CC(C)C2)cc1C(=O)O. The number of carbonyl (C=O) groups excluding carboxylic acids is 1. The van der Waals surface area contributed by atoms with Crippen molar-refractivity contribution in [2.24, 2.45) is 11.8 Å². The van der Waals surface area contributed by atoms with Crippen LogP contribution in [-0.4, -0.2) is 35.1 Å². The number of nitrogens with zero attached hydrogens (tertiary/aromatic N) is 1. The summed E-state index contributed by atoms with van der Waals surface area (Å²) in [5, 5.41) is 11.8. The Kier molecular flexibility index (Phi) is 4.55. The van der Waals surface area contributed by atoms with Gasteiger partial charge >= 0.3 is 12.0 Å². The summed E-state index contributed by atoms with van der Waals surface area (Å²) < 4.78 is 5.34. The minimum absolute atomic E-state index is 0.126. The second kappa shape index (κ2) is 6.20. The number of carboxylic acids is 1. The number of hydrogen-bond acceptors (Lipinski definition) is 3. The van der Waals surface area contributed by atoms with Crippen molar-refractivity contribution in [3.63, 3.8) is 0 Å². The van der Waals surface area contributed by atoms with Gasteiger partial charge in [0.15, 0.2) is 0 Å². The highest BCUT2D eigenvalue weighted by atomic mass is 16.4. The first-order valence-corrected chi connectivity index (χ1v) is 7.22. The molecule has 2 N–H and O–H groups in total. The van der Waals surface area contributed by atoms with E-state index in [0.717, 1.165) is 19.5 Å². The summed E-state index contributed by atoms with van der Waals surface area (Å²) in [6.45, 7) is 7.60. The van der Waals surface area contributed by atoms with Crippen LogP contribution in [0.5, 0.6) is 0 Å². The lowest BCUT2D eigenvalue weighted by atomic mass is 9.92. The van der Waals surface area contributed by atoms with Gasteiger partial charge in [0.05, 0.1) is 6.54 Å². The number of nitrogens with one attached hydrogen (secondary N) is 1. The number of carbonyl (C=O) groups is 2. The number of urea groups is 1. The minimum Gasteiger partial charge on any atom is -0.478 e. The van der Waals surface area contributed by atoms with Gasteiger partial charge in [-0.3, -0.25) is 0 Å². The number of aryl methyl sites for hydroxylation is 1. The summed E-state index contributed by atoms with van der Waals surface area (Å²) >= 11 is 0. The fourth-order valence-electron chi connectivity index (χ4n) is 2.95. The second-order valence-electron chi connectivity index (χ2n) is 6.00. The lowest BCUT2D eigenvalue weighted by Crippen LogP contribution is -2.47. The molecule has 1 fully saturated rings. The fraction of sp³-hybridized carbons (Fsp3) is 0.600. The summed E-state index contributed by atoms with van der Waals surface area (Å²) in [7, 11) is 0. The summed E-state index contributed by atoms with van der Waals surface area (Å²) in [4.78, 5) is 24.9. The van der Waals surface area contributed by atoms with Crippen LogP contribution in [0.3, 0.4) is 0 Å². The van der Waals surface area contributed by atoms with Gasteiger partial charge in [0.2, 0.25) is 0 Å². The maximum atomic E-state index is 12.1. The molecule has 2 heterocycles. The molecule has 21 heavy (non-hydrogen) atoms. The first-order valence-electron chi connectivity index (χ1n) is 7.22. The maximum absolute atomic E-state index is 12.1. The van der Waals surface area contributed by atoms with E-state index in [1.165, 1.54) is 6.07 Å². The van der Waals surface area contributed by atoms with E-state index in [0.29, 0.717) is 23.4 Å². The van der Waals surface area contributed by atoms with E-state index in [1.54, 1.807) is 6.92 Å². The van der Waals surface area contributed by atoms with Gasteiger partial charge in [0, 0.05) is 13.1 Å². The molecule has 2 atom stereocenters. The number of piperidine rings is 1. The molecule has 2 rings (SSSR count). The van der Waals surface area contributed by atoms with Crippen molar-refractivity contribution in [2.75, 3.05) is 13.1 Å². The number of furan rings is 1. The maximum Gasteiger partial charge on any atom is 0.339 e. The highest BCUT2D eigenvalue weighted by molar-refractivity contribution is 5.88. The van der Waals surface area contributed by atoms with Gasteiger partial charge < -0.3 is 19.7 Å². The predicted molar refractivity (Wildman–Crippen MR) is 77.2 cm³/mol. The fourth-order valence-corrected chi connectivity index (χ4v) is 2.95. The van der Waals surface area contributed by atoms with Crippen molar-refractivity contribution >= 4 is 12.0 Å². The smallest absolute Gasteiger partial charge is 0.339 e. The molecule has 1 aromatic rings. The zero-order valence-electron chi connectivity index (χ0n) is 12.7. The van der Waals surface area contributed by atoms with Gasteiger partial charge in [-0.15, -0.1) is 0 Å². The third-order valence-corrected chi connectivity index (χ3v) is 3.77. The van der Waals surface area contributed by atoms with E-state index in [1.807, 2.05) is 4.90 Å². The highest BCUT2D eigenvalue weighted by Crippen LogP contribution is 2.21. The number of hydrogen-bond donors (Lipinski definition) is 2. The van der Waals surface area contributed by atoms with Gasteiger partial charge in [-0.05, 0) is 31.2 Å². The number of carboxylic acid groups (broad SMARTS) is 1. The van der Waals surface area contributed by atoms with E-state index >= 15 is 0 Å². The topological polar surface area (TPSA) is 82.8 Å². The van der Waals surface area contributed by atoms with Crippen LogP contribution in [0.15, 0.2) is 10.5 Å². The highest BCUT2D eigenvalue weighted by Gasteiger charge is 2.25. The van der Waals surface area contributed by atoms with Gasteiger partial charge in [0.25, 0.3) is 0 Å². The van der Waals surface area contributed by atoms with Crippen LogP contribution in [0.2, 0.25) is 0 Å². The number of aromatic carboxylic acids is 1. The van der Waals surface area contributed by atoms with E-state index < -0.39 is 5.97 Å². The number of likely N-dealkylation sites (tertiary alicyclic amines) is 1. The van der Waals surface area contributed by atoms with Gasteiger partial charge in [-0.1, -0.05) is 13.8 Å². The summed E-state index contributed by atoms with van der Waals surface area (Å²) in [5.41, 5.74) is 0.138. The molecule has 1 aromatic heterocycles. The molecule has 0 radical (unpaired) electrons. The standard InChI is InChI=1S/C15H22N2O4/c1-9-4-10(2)8-17(7-9)15(20)16-6-12-5-13(14(18)19)11(3)21-12/h5,9-10H,4,6-8H2,1-3H3,(H,16,20)(H,18,19). The average molecular weight is 294 g/mol. The molecule has 6 heteroatoms. The van der Waals surface area contributed by atoms with Gasteiger partial charge in [-0.25, -0.2) is 9.59 Å². The average Bonchev–Trinajstić information content (AvgIpc) is 2.76. The van der Waals surface area contributed by atoms with E-state index in [-0.39, 0.29) is 18.1 Å². The molecule has 1 aliphatic rings. The van der Waals surface area contributed by atoms with Crippen molar-refractivity contribution in [2.45, 2.75) is 33.7 Å². The molecule has 6 nitrogen and oxygen atoms in total. The molecule has 0 bridgehead atoms. The lowest BCUT2D eigenvalue weighted by molar-refractivity contribution is 0.0695. The van der Waals surface area contributed by atoms with Crippen LogP contribution in [0.25, 0.3) is 0 Å². The van der Waals surface area contributed by atoms with Gasteiger partial charge in [0.1, 0.15) is 17.1 Å². The Hall–Kier alpha value is -1.98. The van der Waals surface area contributed by atoms with Crippen molar-refractivity contribution in [1.82, 2.24) is 10.2 Å². The number of amides is 2. The molecular weight excluding hydrogens is 272 g/mol. The predicted octanol–water partition coefficient (Wildman–Crippen LogP) is 2.47.